The number of aliphatic carboxylic acids is 1. The number of amides is 1. The van der Waals surface area contributed by atoms with Gasteiger partial charge in [-0.3, -0.25) is 9.59 Å². The average molecular weight is 499 g/mol. The predicted octanol–water partition coefficient (Wildman–Crippen LogP) is 3.58. The summed E-state index contributed by atoms with van der Waals surface area (Å²) in [5.41, 5.74) is 2.09. The molecule has 0 aliphatic carbocycles. The standard InChI is InChI=1S/C23H22N4O5S2/c1-3-19(22(29)30)34(31,32)26-21(28)20-15(2)33-23(25-20)27(14-17-7-5-4-6-8-17)18-11-9-16(13-24)10-12-18/h4-12,19H,3,14H2,1-2H3,(H,26,28)(H,29,30). The van der Waals surface area contributed by atoms with Crippen LogP contribution in [-0.2, 0) is 21.4 Å². The number of hydrogen-bond donors (Lipinski definition) is 2. The molecule has 1 unspecified atom stereocenters. The van der Waals surface area contributed by atoms with Crippen LogP contribution in [0.3, 0.4) is 0 Å². The SMILES string of the molecule is CCC(C(=O)O)S(=O)(=O)NC(=O)c1nc(N(Cc2ccccc2)c2ccc(C#N)cc2)sc1C. The first-order valence-corrected chi connectivity index (χ1v) is 12.6. The van der Waals surface area contributed by atoms with Gasteiger partial charge in [0.25, 0.3) is 5.91 Å². The Morgan fingerprint density at radius 2 is 1.82 bits per heavy atom. The zero-order valence-electron chi connectivity index (χ0n) is 18.4. The molecule has 0 fully saturated rings. The second-order valence-electron chi connectivity index (χ2n) is 7.34. The number of carbonyl (C=O) groups excluding carboxylic acids is 1. The molecule has 0 aliphatic heterocycles. The molecule has 0 bridgehead atoms. The topological polar surface area (TPSA) is 140 Å². The number of sulfonamides is 1. The van der Waals surface area contributed by atoms with Crippen LogP contribution in [0.4, 0.5) is 10.8 Å². The van der Waals surface area contributed by atoms with E-state index >= 15 is 0 Å². The van der Waals surface area contributed by atoms with Crippen molar-refractivity contribution >= 4 is 44.1 Å². The highest BCUT2D eigenvalue weighted by molar-refractivity contribution is 7.91. The molecule has 34 heavy (non-hydrogen) atoms. The van der Waals surface area contributed by atoms with Crippen LogP contribution < -0.4 is 9.62 Å². The highest BCUT2D eigenvalue weighted by Gasteiger charge is 2.33. The Hall–Kier alpha value is -3.75. The van der Waals surface area contributed by atoms with Gasteiger partial charge in [-0.2, -0.15) is 5.26 Å². The molecule has 1 aromatic heterocycles. The first-order valence-electron chi connectivity index (χ1n) is 10.2. The van der Waals surface area contributed by atoms with E-state index in [1.807, 2.05) is 40.0 Å². The molecule has 2 N–H and O–H groups in total. The van der Waals surface area contributed by atoms with Gasteiger partial charge >= 0.3 is 5.97 Å². The Morgan fingerprint density at radius 3 is 2.38 bits per heavy atom. The van der Waals surface area contributed by atoms with Crippen molar-refractivity contribution in [3.05, 3.63) is 76.3 Å². The van der Waals surface area contributed by atoms with Gasteiger partial charge in [0.05, 0.1) is 18.2 Å². The number of nitriles is 1. The second-order valence-corrected chi connectivity index (χ2v) is 10.4. The third kappa shape index (κ3) is 5.59. The van der Waals surface area contributed by atoms with Crippen LogP contribution >= 0.6 is 11.3 Å². The molecule has 0 aliphatic rings. The number of nitrogens with one attached hydrogen (secondary N) is 1. The summed E-state index contributed by atoms with van der Waals surface area (Å²) in [5.74, 6) is -2.52. The van der Waals surface area contributed by atoms with E-state index in [0.717, 1.165) is 11.3 Å². The lowest BCUT2D eigenvalue weighted by molar-refractivity contribution is -0.136. The zero-order chi connectivity index (χ0) is 24.9. The van der Waals surface area contributed by atoms with Crippen molar-refractivity contribution in [2.24, 2.45) is 0 Å². The number of benzene rings is 2. The number of aromatic nitrogens is 1. The highest BCUT2D eigenvalue weighted by Crippen LogP contribution is 2.33. The fourth-order valence-electron chi connectivity index (χ4n) is 3.24. The normalized spacial score (nSPS) is 11.9. The van der Waals surface area contributed by atoms with Crippen molar-refractivity contribution in [1.29, 1.82) is 5.26 Å². The maximum atomic E-state index is 12.7. The molecule has 0 radical (unpaired) electrons. The Balaban J connectivity index is 1.96. The maximum Gasteiger partial charge on any atom is 0.323 e. The van der Waals surface area contributed by atoms with Crippen LogP contribution in [0.5, 0.6) is 0 Å². The summed E-state index contributed by atoms with van der Waals surface area (Å²) in [6, 6.07) is 18.5. The number of nitrogens with zero attached hydrogens (tertiary/aromatic N) is 3. The number of carboxylic acids is 1. The number of aryl methyl sites for hydroxylation is 1. The average Bonchev–Trinajstić information content (AvgIpc) is 3.19. The van der Waals surface area contributed by atoms with Gasteiger partial charge in [-0.15, -0.1) is 11.3 Å². The number of hydrogen-bond acceptors (Lipinski definition) is 8. The first-order chi connectivity index (χ1) is 16.2. The summed E-state index contributed by atoms with van der Waals surface area (Å²) in [6.07, 6.45) is -0.192. The van der Waals surface area contributed by atoms with E-state index < -0.39 is 27.1 Å². The Morgan fingerprint density at radius 1 is 1.18 bits per heavy atom. The van der Waals surface area contributed by atoms with E-state index in [2.05, 4.69) is 11.1 Å². The summed E-state index contributed by atoms with van der Waals surface area (Å²) in [5, 5.41) is 17.0. The Labute approximate surface area is 201 Å². The van der Waals surface area contributed by atoms with Crippen molar-refractivity contribution < 1.29 is 23.1 Å². The monoisotopic (exact) mass is 498 g/mol. The van der Waals surface area contributed by atoms with Crippen molar-refractivity contribution in [2.75, 3.05) is 4.90 Å². The quantitative estimate of drug-likeness (QED) is 0.456. The van der Waals surface area contributed by atoms with Crippen LogP contribution in [-0.4, -0.2) is 35.6 Å². The van der Waals surface area contributed by atoms with Gasteiger partial charge in [-0.1, -0.05) is 37.3 Å². The van der Waals surface area contributed by atoms with E-state index in [0.29, 0.717) is 22.1 Å². The predicted molar refractivity (Wildman–Crippen MR) is 128 cm³/mol. The van der Waals surface area contributed by atoms with E-state index in [9.17, 15) is 18.0 Å². The maximum absolute atomic E-state index is 12.7. The summed E-state index contributed by atoms with van der Waals surface area (Å²) in [6.45, 7) is 3.46. The minimum atomic E-state index is -4.43. The summed E-state index contributed by atoms with van der Waals surface area (Å²) >= 11 is 1.20. The molecule has 1 amide bonds. The fourth-order valence-corrected chi connectivity index (χ4v) is 5.36. The van der Waals surface area contributed by atoms with Crippen molar-refractivity contribution in [2.45, 2.75) is 32.1 Å². The third-order valence-electron chi connectivity index (χ3n) is 4.98. The molecule has 0 spiro atoms. The molecule has 1 atom stereocenters. The number of carboxylic acid groups (broad SMARTS) is 1. The van der Waals surface area contributed by atoms with Crippen LogP contribution in [0.1, 0.15) is 39.8 Å². The Kier molecular flexibility index (Phi) is 7.65. The third-order valence-corrected chi connectivity index (χ3v) is 7.73. The summed E-state index contributed by atoms with van der Waals surface area (Å²) in [4.78, 5) is 30.7. The largest absolute Gasteiger partial charge is 0.480 e. The molecule has 3 rings (SSSR count). The molecule has 9 nitrogen and oxygen atoms in total. The first kappa shape index (κ1) is 24.9. The van der Waals surface area contributed by atoms with Crippen molar-refractivity contribution in [3.63, 3.8) is 0 Å². The van der Waals surface area contributed by atoms with Crippen LogP contribution in [0.25, 0.3) is 0 Å². The molecule has 11 heteroatoms. The van der Waals surface area contributed by atoms with Crippen LogP contribution in [0.2, 0.25) is 0 Å². The molecule has 176 valence electrons. The summed E-state index contributed by atoms with van der Waals surface area (Å²) < 4.78 is 26.6. The van der Waals surface area contributed by atoms with Crippen LogP contribution in [0, 0.1) is 18.3 Å². The minimum Gasteiger partial charge on any atom is -0.480 e. The van der Waals surface area contributed by atoms with Gasteiger partial charge in [0.1, 0.15) is 5.69 Å². The lowest BCUT2D eigenvalue weighted by Gasteiger charge is -2.22. The lowest BCUT2D eigenvalue weighted by atomic mass is 10.2. The van der Waals surface area contributed by atoms with Gasteiger partial charge in [-0.05, 0) is 43.2 Å². The molecule has 2 aromatic carbocycles. The number of carbonyl (C=O) groups is 2. The molecular formula is C23H22N4O5S2. The van der Waals surface area contributed by atoms with Gasteiger partial charge in [-0.25, -0.2) is 18.1 Å². The van der Waals surface area contributed by atoms with Gasteiger partial charge in [0, 0.05) is 10.6 Å². The van der Waals surface area contributed by atoms with E-state index in [-0.39, 0.29) is 12.1 Å². The van der Waals surface area contributed by atoms with Gasteiger partial charge < -0.3 is 10.0 Å². The molecular weight excluding hydrogens is 476 g/mol. The van der Waals surface area contributed by atoms with E-state index in [1.165, 1.54) is 18.3 Å². The fraction of sp³-hybridized carbons (Fsp3) is 0.217. The van der Waals surface area contributed by atoms with E-state index in [4.69, 9.17) is 10.4 Å². The van der Waals surface area contributed by atoms with Gasteiger partial charge in [0.2, 0.25) is 10.0 Å². The smallest absolute Gasteiger partial charge is 0.323 e. The van der Waals surface area contributed by atoms with Crippen molar-refractivity contribution in [3.8, 4) is 6.07 Å². The highest BCUT2D eigenvalue weighted by atomic mass is 32.2. The minimum absolute atomic E-state index is 0.101. The lowest BCUT2D eigenvalue weighted by Crippen LogP contribution is -2.42. The van der Waals surface area contributed by atoms with E-state index in [1.54, 1.807) is 31.2 Å². The molecule has 1 heterocycles. The molecule has 3 aromatic rings. The van der Waals surface area contributed by atoms with Crippen LogP contribution in [0.15, 0.2) is 54.6 Å². The molecule has 0 saturated heterocycles. The number of rotatable bonds is 9. The molecule has 0 saturated carbocycles. The number of thiazole rings is 1. The van der Waals surface area contributed by atoms with Crippen molar-refractivity contribution in [1.82, 2.24) is 9.71 Å². The zero-order valence-corrected chi connectivity index (χ0v) is 20.1. The Bertz CT molecular complexity index is 1330. The second kappa shape index (κ2) is 10.5. The van der Waals surface area contributed by atoms with Gasteiger partial charge in [0.15, 0.2) is 10.4 Å². The summed E-state index contributed by atoms with van der Waals surface area (Å²) in [7, 11) is -4.43. The number of anilines is 2.